The van der Waals surface area contributed by atoms with E-state index in [-0.39, 0.29) is 11.3 Å². The highest BCUT2D eigenvalue weighted by atomic mass is 16.5. The third-order valence-electron chi connectivity index (χ3n) is 5.96. The highest BCUT2D eigenvalue weighted by Gasteiger charge is 2.46. The minimum atomic E-state index is -0.658. The summed E-state index contributed by atoms with van der Waals surface area (Å²) < 4.78 is 5.29. The molecule has 7 nitrogen and oxygen atoms in total. The molecule has 1 fully saturated rings. The van der Waals surface area contributed by atoms with E-state index in [0.717, 1.165) is 30.8 Å². The molecule has 0 aliphatic carbocycles. The molecule has 1 unspecified atom stereocenters. The number of methoxy groups -OCH3 is 1. The number of hydrogen-bond donors (Lipinski definition) is 2. The van der Waals surface area contributed by atoms with Crippen molar-refractivity contribution in [2.45, 2.75) is 26.8 Å². The lowest BCUT2D eigenvalue weighted by molar-refractivity contribution is -0.895. The molecule has 1 atom stereocenters. The zero-order chi connectivity index (χ0) is 22.5. The van der Waals surface area contributed by atoms with Crippen molar-refractivity contribution in [2.75, 3.05) is 33.3 Å². The van der Waals surface area contributed by atoms with E-state index in [4.69, 9.17) is 4.74 Å². The van der Waals surface area contributed by atoms with Crippen LogP contribution in [0.2, 0.25) is 0 Å². The van der Waals surface area contributed by atoms with Crippen molar-refractivity contribution in [2.24, 2.45) is 0 Å². The number of aromatic nitrogens is 1. The molecule has 7 heteroatoms. The maximum atomic E-state index is 13.1. The minimum Gasteiger partial charge on any atom is -0.507 e. The summed E-state index contributed by atoms with van der Waals surface area (Å²) in [5.41, 5.74) is 2.18. The molecular weight excluding hydrogens is 394 g/mol. The van der Waals surface area contributed by atoms with Crippen LogP contribution in [0, 0.1) is 6.92 Å². The van der Waals surface area contributed by atoms with E-state index in [0.29, 0.717) is 17.9 Å². The smallest absolute Gasteiger partial charge is 0.295 e. The quantitative estimate of drug-likeness (QED) is 0.378. The molecule has 2 aromatic rings. The molecule has 1 amide bonds. The maximum Gasteiger partial charge on any atom is 0.295 e. The van der Waals surface area contributed by atoms with Gasteiger partial charge >= 0.3 is 0 Å². The summed E-state index contributed by atoms with van der Waals surface area (Å²) in [5, 5.41) is 11.1. The van der Waals surface area contributed by atoms with E-state index in [1.54, 1.807) is 42.6 Å². The number of ketones is 1. The molecular formula is C24H31N3O4+2. The lowest BCUT2D eigenvalue weighted by atomic mass is 9.95. The van der Waals surface area contributed by atoms with Crippen LogP contribution < -0.4 is 14.6 Å². The van der Waals surface area contributed by atoms with Gasteiger partial charge in [0.25, 0.3) is 11.7 Å². The Bertz CT molecular complexity index is 984. The average Bonchev–Trinajstić information content (AvgIpc) is 3.04. The number of likely N-dealkylation sites (N-methyl/N-ethyl adjacent to an activating group) is 1. The molecule has 0 radical (unpaired) electrons. The Morgan fingerprint density at radius 2 is 1.97 bits per heavy atom. The first-order valence-corrected chi connectivity index (χ1v) is 10.7. The molecule has 3 N–H and O–H groups in total. The van der Waals surface area contributed by atoms with E-state index < -0.39 is 17.7 Å². The second-order valence-electron chi connectivity index (χ2n) is 7.72. The highest BCUT2D eigenvalue weighted by Crippen LogP contribution is 2.39. The number of nitrogens with one attached hydrogen (secondary N) is 2. The Balaban J connectivity index is 2.08. The predicted octanol–water partition coefficient (Wildman–Crippen LogP) is 1.16. The number of rotatable bonds is 8. The van der Waals surface area contributed by atoms with Crippen LogP contribution >= 0.6 is 0 Å². The fraction of sp³-hybridized carbons (Fsp3) is 0.375. The van der Waals surface area contributed by atoms with Crippen LogP contribution in [0.25, 0.3) is 5.76 Å². The van der Waals surface area contributed by atoms with Crippen molar-refractivity contribution in [3.8, 4) is 5.75 Å². The Morgan fingerprint density at radius 1 is 1.23 bits per heavy atom. The van der Waals surface area contributed by atoms with Crippen LogP contribution in [-0.2, 0) is 9.59 Å². The molecule has 31 heavy (non-hydrogen) atoms. The van der Waals surface area contributed by atoms with Crippen LogP contribution in [-0.4, -0.2) is 55.0 Å². The SMILES string of the molecule is CC[NH+](CC)CCN1C(=O)C(=O)C(=C(O)c2ccc(OC)c(C)c2)C1c1ccc[nH+]c1. The number of quaternary nitrogens is 1. The van der Waals surface area contributed by atoms with Crippen LogP contribution in [0.1, 0.15) is 36.6 Å². The Labute approximate surface area is 183 Å². The van der Waals surface area contributed by atoms with Crippen molar-refractivity contribution in [1.29, 1.82) is 0 Å². The average molecular weight is 426 g/mol. The van der Waals surface area contributed by atoms with Gasteiger partial charge in [-0.3, -0.25) is 9.59 Å². The third-order valence-corrected chi connectivity index (χ3v) is 5.96. The molecule has 0 saturated carbocycles. The fourth-order valence-corrected chi connectivity index (χ4v) is 4.10. The number of aliphatic hydroxyl groups excluding tert-OH is 1. The van der Waals surface area contributed by atoms with Crippen LogP contribution in [0.5, 0.6) is 5.75 Å². The number of benzene rings is 1. The first kappa shape index (κ1) is 22.5. The fourth-order valence-electron chi connectivity index (χ4n) is 4.10. The van der Waals surface area contributed by atoms with Gasteiger partial charge in [-0.05, 0) is 50.6 Å². The number of aryl methyl sites for hydroxylation is 1. The summed E-state index contributed by atoms with van der Waals surface area (Å²) in [6.45, 7) is 9.11. The number of carbonyl (C=O) groups excluding carboxylic acids is 2. The van der Waals surface area contributed by atoms with Gasteiger partial charge < -0.3 is 19.6 Å². The van der Waals surface area contributed by atoms with Gasteiger partial charge in [-0.25, -0.2) is 4.98 Å². The Hall–Kier alpha value is -3.19. The van der Waals surface area contributed by atoms with Crippen molar-refractivity contribution >= 4 is 17.4 Å². The number of Topliss-reactive ketones (excluding diaryl/α,β-unsaturated/α-hetero) is 1. The molecule has 2 heterocycles. The second-order valence-corrected chi connectivity index (χ2v) is 7.72. The molecule has 3 rings (SSSR count). The second kappa shape index (κ2) is 9.75. The standard InChI is InChI=1S/C24H29N3O4/c1-5-26(6-2)12-13-27-21(18-8-7-11-25-15-18)20(23(29)24(27)30)22(28)17-9-10-19(31-4)16(3)14-17/h7-11,14-15,21,28H,5-6,12-13H2,1-4H3/p+2. The normalized spacial score (nSPS) is 18.1. The summed E-state index contributed by atoms with van der Waals surface area (Å²) in [7, 11) is 1.58. The van der Waals surface area contributed by atoms with E-state index >= 15 is 0 Å². The molecule has 1 aliphatic rings. The number of carbonyl (C=O) groups is 2. The van der Waals surface area contributed by atoms with Gasteiger partial charge in [0.15, 0.2) is 12.4 Å². The van der Waals surface area contributed by atoms with Gasteiger partial charge in [0.1, 0.15) is 11.5 Å². The predicted molar refractivity (Wildman–Crippen MR) is 117 cm³/mol. The molecule has 164 valence electrons. The van der Waals surface area contributed by atoms with Gasteiger partial charge in [0.05, 0.1) is 44.9 Å². The third kappa shape index (κ3) is 4.46. The number of aromatic amines is 1. The number of amides is 1. The zero-order valence-electron chi connectivity index (χ0n) is 18.6. The minimum absolute atomic E-state index is 0.115. The van der Waals surface area contributed by atoms with Gasteiger partial charge in [-0.15, -0.1) is 0 Å². The number of pyridine rings is 1. The molecule has 1 aromatic carbocycles. The summed E-state index contributed by atoms with van der Waals surface area (Å²) in [4.78, 5) is 32.0. The lowest BCUT2D eigenvalue weighted by Gasteiger charge is -2.26. The van der Waals surface area contributed by atoms with Gasteiger partial charge in [-0.1, -0.05) is 0 Å². The zero-order valence-corrected chi connectivity index (χ0v) is 18.6. The molecule has 0 bridgehead atoms. The number of likely N-dealkylation sites (tertiary alicyclic amines) is 1. The number of aliphatic hydroxyl groups is 1. The van der Waals surface area contributed by atoms with Gasteiger partial charge in [-0.2, -0.15) is 0 Å². The molecule has 1 aromatic heterocycles. The van der Waals surface area contributed by atoms with Gasteiger partial charge in [0.2, 0.25) is 0 Å². The monoisotopic (exact) mass is 425 g/mol. The first-order chi connectivity index (χ1) is 14.9. The molecule has 1 saturated heterocycles. The van der Waals surface area contributed by atoms with Crippen molar-refractivity contribution in [3.05, 3.63) is 65.0 Å². The van der Waals surface area contributed by atoms with Crippen LogP contribution in [0.15, 0.2) is 48.3 Å². The number of nitrogens with zero attached hydrogens (tertiary/aromatic N) is 1. The Kier molecular flexibility index (Phi) is 7.07. The summed E-state index contributed by atoms with van der Waals surface area (Å²) in [6, 6.07) is 8.24. The number of ether oxygens (including phenoxy) is 1. The van der Waals surface area contributed by atoms with Crippen molar-refractivity contribution in [1.82, 2.24) is 4.90 Å². The molecule has 0 spiro atoms. The topological polar surface area (TPSA) is 85.4 Å². The van der Waals surface area contributed by atoms with E-state index in [2.05, 4.69) is 18.8 Å². The summed E-state index contributed by atoms with van der Waals surface area (Å²) in [6.07, 6.45) is 3.53. The highest BCUT2D eigenvalue weighted by molar-refractivity contribution is 6.46. The van der Waals surface area contributed by atoms with E-state index in [9.17, 15) is 14.7 Å². The van der Waals surface area contributed by atoms with Crippen LogP contribution in [0.4, 0.5) is 0 Å². The van der Waals surface area contributed by atoms with E-state index in [1.165, 1.54) is 4.90 Å². The van der Waals surface area contributed by atoms with Crippen molar-refractivity contribution in [3.63, 3.8) is 0 Å². The molecule has 1 aliphatic heterocycles. The van der Waals surface area contributed by atoms with Gasteiger partial charge in [0, 0.05) is 17.2 Å². The summed E-state index contributed by atoms with van der Waals surface area (Å²) in [5.74, 6) is -0.717. The number of H-pyrrole nitrogens is 1. The van der Waals surface area contributed by atoms with Crippen LogP contribution in [0.3, 0.4) is 0 Å². The van der Waals surface area contributed by atoms with Crippen molar-refractivity contribution < 1.29 is 29.3 Å². The summed E-state index contributed by atoms with van der Waals surface area (Å²) >= 11 is 0. The largest absolute Gasteiger partial charge is 0.507 e. The first-order valence-electron chi connectivity index (χ1n) is 10.7. The van der Waals surface area contributed by atoms with E-state index in [1.807, 2.05) is 19.1 Å². The Morgan fingerprint density at radius 3 is 2.55 bits per heavy atom. The maximum absolute atomic E-state index is 13.1. The number of hydrogen-bond acceptors (Lipinski definition) is 4. The lowest BCUT2D eigenvalue weighted by Crippen LogP contribution is -3.12.